The second-order valence-electron chi connectivity index (χ2n) is 7.21. The van der Waals surface area contributed by atoms with Gasteiger partial charge in [-0.15, -0.1) is 0 Å². The molecule has 7 nitrogen and oxygen atoms in total. The Labute approximate surface area is 175 Å². The highest BCUT2D eigenvalue weighted by Gasteiger charge is 2.27. The number of nitrogens with zero attached hydrogens (tertiary/aromatic N) is 2. The first-order valence-corrected chi connectivity index (χ1v) is 11.1. The number of anilines is 1. The number of carbonyl (C=O) groups excluding carboxylic acids is 2. The fourth-order valence-electron chi connectivity index (χ4n) is 3.12. The number of carbonyl (C=O) groups is 2. The predicted molar refractivity (Wildman–Crippen MR) is 111 cm³/mol. The largest absolute Gasteiger partial charge is 0.326 e. The Bertz CT molecular complexity index is 1000. The summed E-state index contributed by atoms with van der Waals surface area (Å²) < 4.78 is 39.8. The minimum absolute atomic E-state index is 0.00661. The molecule has 0 spiro atoms. The van der Waals surface area contributed by atoms with E-state index in [2.05, 4.69) is 10.2 Å². The number of piperazine rings is 1. The van der Waals surface area contributed by atoms with E-state index in [0.717, 1.165) is 0 Å². The number of hydrogen-bond donors (Lipinski definition) is 1. The molecule has 1 amide bonds. The van der Waals surface area contributed by atoms with E-state index in [1.807, 2.05) is 7.05 Å². The lowest BCUT2D eigenvalue weighted by Gasteiger charge is -2.31. The van der Waals surface area contributed by atoms with Crippen molar-refractivity contribution in [1.82, 2.24) is 9.21 Å². The zero-order valence-corrected chi connectivity index (χ0v) is 17.5. The van der Waals surface area contributed by atoms with Gasteiger partial charge in [0.05, 0.1) is 4.90 Å². The lowest BCUT2D eigenvalue weighted by atomic mass is 10.1. The van der Waals surface area contributed by atoms with Crippen molar-refractivity contribution in [2.45, 2.75) is 17.7 Å². The fourth-order valence-corrected chi connectivity index (χ4v) is 4.54. The third-order valence-electron chi connectivity index (χ3n) is 4.98. The average Bonchev–Trinajstić information content (AvgIpc) is 2.73. The zero-order chi connectivity index (χ0) is 21.7. The molecule has 0 saturated carbocycles. The van der Waals surface area contributed by atoms with Gasteiger partial charge in [0.25, 0.3) is 0 Å². The van der Waals surface area contributed by atoms with Gasteiger partial charge in [-0.25, -0.2) is 12.8 Å². The molecule has 160 valence electrons. The molecule has 1 fully saturated rings. The topological polar surface area (TPSA) is 86.8 Å². The van der Waals surface area contributed by atoms with Crippen molar-refractivity contribution in [1.29, 1.82) is 0 Å². The number of Topliss-reactive ketones (excluding diaryl/α,β-unsaturated/α-hetero) is 1. The Morgan fingerprint density at radius 2 is 1.53 bits per heavy atom. The lowest BCUT2D eigenvalue weighted by Crippen LogP contribution is -2.46. The molecule has 30 heavy (non-hydrogen) atoms. The van der Waals surface area contributed by atoms with E-state index in [4.69, 9.17) is 0 Å². The number of halogens is 1. The van der Waals surface area contributed by atoms with Crippen LogP contribution in [0.25, 0.3) is 0 Å². The number of nitrogens with one attached hydrogen (secondary N) is 1. The van der Waals surface area contributed by atoms with E-state index in [9.17, 15) is 22.4 Å². The predicted octanol–water partition coefficient (Wildman–Crippen LogP) is 2.36. The van der Waals surface area contributed by atoms with Gasteiger partial charge in [-0.3, -0.25) is 9.59 Å². The smallest absolute Gasteiger partial charge is 0.243 e. The highest BCUT2D eigenvalue weighted by atomic mass is 32.2. The summed E-state index contributed by atoms with van der Waals surface area (Å²) in [4.78, 5) is 26.4. The summed E-state index contributed by atoms with van der Waals surface area (Å²) in [6.07, 6.45) is -0.0368. The van der Waals surface area contributed by atoms with Crippen LogP contribution in [0, 0.1) is 5.82 Å². The minimum atomic E-state index is -3.56. The molecule has 1 saturated heterocycles. The number of amides is 1. The highest BCUT2D eigenvalue weighted by molar-refractivity contribution is 7.89. The molecule has 0 aromatic heterocycles. The quantitative estimate of drug-likeness (QED) is 0.678. The van der Waals surface area contributed by atoms with E-state index in [1.54, 1.807) is 0 Å². The van der Waals surface area contributed by atoms with Crippen molar-refractivity contribution in [3.05, 3.63) is 59.9 Å². The van der Waals surface area contributed by atoms with Gasteiger partial charge in [-0.05, 0) is 55.6 Å². The van der Waals surface area contributed by atoms with Crippen LogP contribution in [0.4, 0.5) is 10.1 Å². The zero-order valence-electron chi connectivity index (χ0n) is 16.7. The first kappa shape index (κ1) is 22.1. The lowest BCUT2D eigenvalue weighted by molar-refractivity contribution is -0.116. The summed E-state index contributed by atoms with van der Waals surface area (Å²) in [6.45, 7) is 2.26. The molecule has 0 aliphatic carbocycles. The summed E-state index contributed by atoms with van der Waals surface area (Å²) in [5, 5.41) is 2.66. The number of sulfonamides is 1. The van der Waals surface area contributed by atoms with Crippen LogP contribution in [-0.4, -0.2) is 62.5 Å². The normalized spacial score (nSPS) is 15.7. The van der Waals surface area contributed by atoms with Gasteiger partial charge in [-0.2, -0.15) is 4.31 Å². The van der Waals surface area contributed by atoms with Gasteiger partial charge in [0.2, 0.25) is 15.9 Å². The van der Waals surface area contributed by atoms with Crippen molar-refractivity contribution < 1.29 is 22.4 Å². The SMILES string of the molecule is CN1CCN(S(=O)(=O)c2ccc(NC(=O)CCC(=O)c3ccc(F)cc3)cc2)CC1. The highest BCUT2D eigenvalue weighted by Crippen LogP contribution is 2.20. The standard InChI is InChI=1S/C21H24FN3O4S/c1-24-12-14-25(15-13-24)30(28,29)19-8-6-18(7-9-19)23-21(27)11-10-20(26)16-2-4-17(22)5-3-16/h2-9H,10-15H2,1H3,(H,23,27). The van der Waals surface area contributed by atoms with E-state index < -0.39 is 15.8 Å². The van der Waals surface area contributed by atoms with Gasteiger partial charge in [0.1, 0.15) is 5.82 Å². The van der Waals surface area contributed by atoms with Gasteiger partial charge in [0.15, 0.2) is 5.78 Å². The van der Waals surface area contributed by atoms with Crippen molar-refractivity contribution in [2.75, 3.05) is 38.5 Å². The molecule has 0 radical (unpaired) electrons. The van der Waals surface area contributed by atoms with Crippen LogP contribution in [0.1, 0.15) is 23.2 Å². The number of benzene rings is 2. The first-order valence-electron chi connectivity index (χ1n) is 9.63. The molecule has 1 aliphatic heterocycles. The third-order valence-corrected chi connectivity index (χ3v) is 6.90. The number of ketones is 1. The Kier molecular flexibility index (Phi) is 6.96. The Hall–Kier alpha value is -2.62. The maximum Gasteiger partial charge on any atom is 0.243 e. The van der Waals surface area contributed by atoms with Crippen molar-refractivity contribution >= 4 is 27.4 Å². The van der Waals surface area contributed by atoms with E-state index >= 15 is 0 Å². The second-order valence-corrected chi connectivity index (χ2v) is 9.15. The van der Waals surface area contributed by atoms with Crippen LogP contribution >= 0.6 is 0 Å². The van der Waals surface area contributed by atoms with Crippen molar-refractivity contribution in [3.8, 4) is 0 Å². The van der Waals surface area contributed by atoms with Crippen LogP contribution in [0.3, 0.4) is 0 Å². The van der Waals surface area contributed by atoms with Crippen LogP contribution in [0.2, 0.25) is 0 Å². The molecule has 9 heteroatoms. The van der Waals surface area contributed by atoms with Crippen LogP contribution in [0.15, 0.2) is 53.4 Å². The molecule has 1 heterocycles. The van der Waals surface area contributed by atoms with Gasteiger partial charge >= 0.3 is 0 Å². The number of hydrogen-bond acceptors (Lipinski definition) is 5. The number of likely N-dealkylation sites (N-methyl/N-ethyl adjacent to an activating group) is 1. The van der Waals surface area contributed by atoms with Crippen LogP contribution < -0.4 is 5.32 Å². The van der Waals surface area contributed by atoms with Crippen LogP contribution in [-0.2, 0) is 14.8 Å². The summed E-state index contributed by atoms with van der Waals surface area (Å²) in [5.74, 6) is -1.04. The maximum atomic E-state index is 12.9. The van der Waals surface area contributed by atoms with Gasteiger partial charge in [0, 0.05) is 50.3 Å². The summed E-state index contributed by atoms with van der Waals surface area (Å²) >= 11 is 0. The van der Waals surface area contributed by atoms with E-state index in [0.29, 0.717) is 37.4 Å². The summed E-state index contributed by atoms with van der Waals surface area (Å²) in [7, 11) is -1.61. The molecule has 1 aliphatic rings. The molecule has 0 atom stereocenters. The summed E-state index contributed by atoms with van der Waals surface area (Å²) in [5.41, 5.74) is 0.800. The van der Waals surface area contributed by atoms with Crippen molar-refractivity contribution in [3.63, 3.8) is 0 Å². The van der Waals surface area contributed by atoms with Gasteiger partial charge in [-0.1, -0.05) is 0 Å². The second kappa shape index (κ2) is 9.46. The van der Waals surface area contributed by atoms with Gasteiger partial charge < -0.3 is 10.2 Å². The fraction of sp³-hybridized carbons (Fsp3) is 0.333. The minimum Gasteiger partial charge on any atom is -0.326 e. The molecule has 2 aromatic rings. The first-order chi connectivity index (χ1) is 14.3. The molecular formula is C21H24FN3O4S. The molecule has 1 N–H and O–H groups in total. The maximum absolute atomic E-state index is 12.9. The number of rotatable bonds is 7. The average molecular weight is 434 g/mol. The Morgan fingerprint density at radius 1 is 0.933 bits per heavy atom. The molecule has 2 aromatic carbocycles. The summed E-state index contributed by atoms with van der Waals surface area (Å²) in [6, 6.07) is 11.2. The van der Waals surface area contributed by atoms with Crippen molar-refractivity contribution in [2.24, 2.45) is 0 Å². The molecular weight excluding hydrogens is 409 g/mol. The Balaban J connectivity index is 1.54. The third kappa shape index (κ3) is 5.50. The van der Waals surface area contributed by atoms with E-state index in [1.165, 1.54) is 52.8 Å². The molecule has 3 rings (SSSR count). The monoisotopic (exact) mass is 433 g/mol. The molecule has 0 bridgehead atoms. The molecule has 0 unspecified atom stereocenters. The van der Waals surface area contributed by atoms with E-state index in [-0.39, 0.29) is 29.4 Å². The van der Waals surface area contributed by atoms with Crippen LogP contribution in [0.5, 0.6) is 0 Å². The Morgan fingerprint density at radius 3 is 2.13 bits per heavy atom.